The summed E-state index contributed by atoms with van der Waals surface area (Å²) in [5.41, 5.74) is -2.11. The maximum atomic E-state index is 13.4. The van der Waals surface area contributed by atoms with Gasteiger partial charge in [-0.3, -0.25) is 43.2 Å². The minimum Gasteiger partial charge on any atom is -0.463 e. The molecule has 0 aromatic carbocycles. The van der Waals surface area contributed by atoms with Crippen LogP contribution in [0, 0.1) is 0 Å². The van der Waals surface area contributed by atoms with E-state index in [4.69, 9.17) is 61.6 Å². The Kier molecular flexibility index (Phi) is 27.8. The van der Waals surface area contributed by atoms with Crippen molar-refractivity contribution in [1.29, 1.82) is 0 Å². The summed E-state index contributed by atoms with van der Waals surface area (Å²) in [7, 11) is 0. The summed E-state index contributed by atoms with van der Waals surface area (Å²) < 4.78 is 73.6. The van der Waals surface area contributed by atoms with Gasteiger partial charge in [0.1, 0.15) is 37.6 Å². The summed E-state index contributed by atoms with van der Waals surface area (Å²) in [6.07, 6.45) is -7.50. The van der Waals surface area contributed by atoms with Gasteiger partial charge in [0.15, 0.2) is 49.2 Å². The lowest BCUT2D eigenvalue weighted by Gasteiger charge is -2.46. The molecule has 0 bridgehead atoms. The number of amides is 2. The average molecular weight is 1030 g/mol. The Morgan fingerprint density at radius 3 is 1.19 bits per heavy atom. The van der Waals surface area contributed by atoms with Crippen molar-refractivity contribution < 1.29 is 110 Å². The molecule has 0 radical (unpaired) electrons. The maximum absolute atomic E-state index is 13.4. The zero-order chi connectivity index (χ0) is 54.0. The summed E-state index contributed by atoms with van der Waals surface area (Å²) in [6, 6.07) is 0. The Morgan fingerprint density at radius 2 is 0.833 bits per heavy atom. The highest BCUT2D eigenvalue weighted by Gasteiger charge is 2.55. The smallest absolute Gasteiger partial charge is 0.407 e. The lowest BCUT2D eigenvalue weighted by atomic mass is 9.97. The van der Waals surface area contributed by atoms with E-state index in [0.717, 1.165) is 100.0 Å². The van der Waals surface area contributed by atoms with Crippen molar-refractivity contribution >= 4 is 59.8 Å². The standard InChI is InChI=1S/C47H72N2O23/c1-11-13-14-15-16-17-18-19-20-21-48-46(59)64-26-47(49-37(58)12-2,24-62-44-42(69-33(9)56)40(67-31(7)54)38(65-29(5)52)35(71-44)22-60-27(3)50)25-63-45-43(70-34(10)57)41(68-32(8)55)39(66-30(6)53)36(72-45)23-61-28(4)51/h12,35-36,38-45H,2,11,13-26H2,1,3-10H3,(H,48,59)(H,49,58)/t35-,36-,38-,39-,40+,41+,42-,43-,44-,45-/m1/s1. The monoisotopic (exact) mass is 1030 g/mol. The first-order chi connectivity index (χ1) is 34.0. The first-order valence-corrected chi connectivity index (χ1v) is 23.7. The fourth-order valence-corrected chi connectivity index (χ4v) is 7.56. The number of esters is 8. The number of hydrogen-bond acceptors (Lipinski definition) is 23. The van der Waals surface area contributed by atoms with Crippen LogP contribution in [-0.4, -0.2) is 166 Å². The minimum absolute atomic E-state index is 0.211. The second-order valence-corrected chi connectivity index (χ2v) is 17.1. The fraction of sp³-hybridized carbons (Fsp3) is 0.745. The Hall–Kier alpha value is -5.92. The van der Waals surface area contributed by atoms with Crippen LogP contribution in [0.5, 0.6) is 0 Å². The molecule has 408 valence electrons. The summed E-state index contributed by atoms with van der Waals surface area (Å²) in [5.74, 6) is -8.07. The molecule has 2 N–H and O–H groups in total. The van der Waals surface area contributed by atoms with E-state index in [0.29, 0.717) is 6.42 Å². The number of ether oxygens (including phenoxy) is 13. The van der Waals surface area contributed by atoms with Crippen molar-refractivity contribution in [1.82, 2.24) is 10.6 Å². The third kappa shape index (κ3) is 23.1. The van der Waals surface area contributed by atoms with Crippen LogP contribution in [0.15, 0.2) is 12.7 Å². The van der Waals surface area contributed by atoms with E-state index >= 15 is 0 Å². The predicted molar refractivity (Wildman–Crippen MR) is 243 cm³/mol. The number of nitrogens with one attached hydrogen (secondary N) is 2. The lowest BCUT2D eigenvalue weighted by Crippen LogP contribution is -2.66. The zero-order valence-electron chi connectivity index (χ0n) is 42.6. The number of hydrogen-bond donors (Lipinski definition) is 2. The number of unbranched alkanes of at least 4 members (excludes halogenated alkanes) is 8. The van der Waals surface area contributed by atoms with Crippen LogP contribution in [-0.2, 0) is 105 Å². The van der Waals surface area contributed by atoms with Gasteiger partial charge in [-0.15, -0.1) is 0 Å². The lowest BCUT2D eigenvalue weighted by molar-refractivity contribution is -0.320. The fourth-order valence-electron chi connectivity index (χ4n) is 7.56. The van der Waals surface area contributed by atoms with E-state index in [2.05, 4.69) is 24.1 Å². The number of carbonyl (C=O) groups is 10. The van der Waals surface area contributed by atoms with E-state index < -0.39 is 160 Å². The van der Waals surface area contributed by atoms with Gasteiger partial charge in [-0.05, 0) is 12.5 Å². The molecule has 0 aliphatic carbocycles. The van der Waals surface area contributed by atoms with Gasteiger partial charge in [-0.2, -0.15) is 0 Å². The molecule has 2 saturated heterocycles. The molecule has 0 spiro atoms. The van der Waals surface area contributed by atoms with E-state index in [9.17, 15) is 47.9 Å². The van der Waals surface area contributed by atoms with Gasteiger partial charge in [0, 0.05) is 61.9 Å². The van der Waals surface area contributed by atoms with E-state index in [1.807, 2.05) is 0 Å². The molecule has 0 aromatic rings. The maximum Gasteiger partial charge on any atom is 0.407 e. The molecule has 10 atom stereocenters. The number of carbonyl (C=O) groups excluding carboxylic acids is 10. The number of alkyl carbamates (subject to hydrolysis) is 1. The Labute approximate surface area is 418 Å². The first-order valence-electron chi connectivity index (χ1n) is 23.7. The molecule has 72 heavy (non-hydrogen) atoms. The van der Waals surface area contributed by atoms with Gasteiger partial charge in [0.2, 0.25) is 5.91 Å². The predicted octanol–water partition coefficient (Wildman–Crippen LogP) is 2.48. The summed E-state index contributed by atoms with van der Waals surface area (Å²) in [4.78, 5) is 126. The topological polar surface area (TPSA) is 315 Å². The Bertz CT molecular complexity index is 1750. The summed E-state index contributed by atoms with van der Waals surface area (Å²) in [5, 5.41) is 5.26. The third-order valence-corrected chi connectivity index (χ3v) is 10.5. The molecule has 2 aliphatic heterocycles. The van der Waals surface area contributed by atoms with Crippen LogP contribution in [0.3, 0.4) is 0 Å². The highest BCUT2D eigenvalue weighted by molar-refractivity contribution is 5.87. The quantitative estimate of drug-likeness (QED) is 0.0452. The third-order valence-electron chi connectivity index (χ3n) is 10.5. The Balaban J connectivity index is 2.71. The largest absolute Gasteiger partial charge is 0.463 e. The summed E-state index contributed by atoms with van der Waals surface area (Å²) in [6.45, 7) is 10.4. The van der Waals surface area contributed by atoms with Crippen LogP contribution in [0.25, 0.3) is 0 Å². The highest BCUT2D eigenvalue weighted by Crippen LogP contribution is 2.33. The van der Waals surface area contributed by atoms with Gasteiger partial charge in [-0.1, -0.05) is 64.9 Å². The van der Waals surface area contributed by atoms with Gasteiger partial charge in [-0.25, -0.2) is 4.79 Å². The first kappa shape index (κ1) is 62.2. The van der Waals surface area contributed by atoms with Gasteiger partial charge in [0.05, 0.1) is 13.2 Å². The van der Waals surface area contributed by atoms with Gasteiger partial charge >= 0.3 is 53.8 Å². The van der Waals surface area contributed by atoms with Crippen LogP contribution in [0.1, 0.15) is 120 Å². The van der Waals surface area contributed by atoms with E-state index in [-0.39, 0.29) is 6.54 Å². The summed E-state index contributed by atoms with van der Waals surface area (Å²) >= 11 is 0. The SMILES string of the molecule is C=CC(=O)NC(COC(=O)NCCCCCCCCCCC)(CO[C@@H]1O[C@H](COC(C)=O)[C@@H](OC(C)=O)[C@H](OC(C)=O)[C@H]1OC(C)=O)CO[C@@H]1O[C@H](COC(C)=O)[C@@H](OC(C)=O)[C@H](OC(C)=O)[C@H]1OC(C)=O. The molecule has 0 saturated carbocycles. The Morgan fingerprint density at radius 1 is 0.472 bits per heavy atom. The zero-order valence-corrected chi connectivity index (χ0v) is 42.6. The van der Waals surface area contributed by atoms with E-state index in [1.165, 1.54) is 12.8 Å². The second-order valence-electron chi connectivity index (χ2n) is 17.1. The minimum atomic E-state index is -2.11. The van der Waals surface area contributed by atoms with Gasteiger partial charge < -0.3 is 72.2 Å². The second kappa shape index (κ2) is 32.2. The van der Waals surface area contributed by atoms with Crippen molar-refractivity contribution in [3.63, 3.8) is 0 Å². The van der Waals surface area contributed by atoms with Crippen LogP contribution < -0.4 is 10.6 Å². The molecular weight excluding hydrogens is 961 g/mol. The molecule has 0 aromatic heterocycles. The molecule has 25 nitrogen and oxygen atoms in total. The van der Waals surface area contributed by atoms with Crippen LogP contribution >= 0.6 is 0 Å². The molecule has 2 heterocycles. The van der Waals surface area contributed by atoms with Crippen LogP contribution in [0.2, 0.25) is 0 Å². The molecule has 2 amide bonds. The van der Waals surface area contributed by atoms with Crippen molar-refractivity contribution in [3.8, 4) is 0 Å². The van der Waals surface area contributed by atoms with Crippen molar-refractivity contribution in [2.24, 2.45) is 0 Å². The normalized spacial score (nSPS) is 23.7. The van der Waals surface area contributed by atoms with Crippen molar-refractivity contribution in [2.75, 3.05) is 39.6 Å². The highest BCUT2D eigenvalue weighted by atomic mass is 16.8. The molecule has 2 aliphatic rings. The molecule has 2 rings (SSSR count). The molecular formula is C47H72N2O23. The van der Waals surface area contributed by atoms with Crippen molar-refractivity contribution in [2.45, 2.75) is 187 Å². The van der Waals surface area contributed by atoms with Gasteiger partial charge in [0.25, 0.3) is 0 Å². The molecule has 25 heteroatoms. The molecule has 0 unspecified atom stereocenters. The van der Waals surface area contributed by atoms with Crippen molar-refractivity contribution in [3.05, 3.63) is 12.7 Å². The number of rotatable bonds is 30. The van der Waals surface area contributed by atoms with Crippen LogP contribution in [0.4, 0.5) is 4.79 Å². The van der Waals surface area contributed by atoms with E-state index in [1.54, 1.807) is 0 Å². The average Bonchev–Trinajstić information content (AvgIpc) is 3.28. The molecule has 2 fully saturated rings.